The molecular weight excluding hydrogens is 356 g/mol. The normalized spacial score (nSPS) is 10.7. The minimum Gasteiger partial charge on any atom is -0.493 e. The van der Waals surface area contributed by atoms with E-state index in [4.69, 9.17) is 9.47 Å². The molecule has 1 amide bonds. The molecule has 1 aromatic rings. The number of likely N-dealkylation sites (N-methyl/N-ethyl adjacent to an activating group) is 2. The van der Waals surface area contributed by atoms with Crippen molar-refractivity contribution in [2.24, 2.45) is 0 Å². The van der Waals surface area contributed by atoms with E-state index in [0.717, 1.165) is 0 Å². The number of ether oxygens (including phenoxy) is 2. The van der Waals surface area contributed by atoms with Gasteiger partial charge >= 0.3 is 0 Å². The average Bonchev–Trinajstić information content (AvgIpc) is 2.56. The van der Waals surface area contributed by atoms with Crippen LogP contribution >= 0.6 is 12.4 Å². The van der Waals surface area contributed by atoms with E-state index in [0.29, 0.717) is 24.6 Å². The van der Waals surface area contributed by atoms with E-state index in [1.807, 2.05) is 0 Å². The summed E-state index contributed by atoms with van der Waals surface area (Å²) in [4.78, 5) is 13.6. The maximum atomic E-state index is 12.4. The Morgan fingerprint density at radius 1 is 1.21 bits per heavy atom. The molecule has 0 heterocycles. The Balaban J connectivity index is 0.00000529. The van der Waals surface area contributed by atoms with Crippen molar-refractivity contribution in [3.8, 4) is 11.5 Å². The third kappa shape index (κ3) is 6.18. The Kier molecular flexibility index (Phi) is 9.72. The number of sulfone groups is 1. The maximum Gasteiger partial charge on any atom is 0.223 e. The topological polar surface area (TPSA) is 84.9 Å². The molecule has 0 spiro atoms. The smallest absolute Gasteiger partial charge is 0.223 e. The number of hydrogen-bond acceptors (Lipinski definition) is 6. The summed E-state index contributed by atoms with van der Waals surface area (Å²) in [6.45, 7) is 1.19. The van der Waals surface area contributed by atoms with Gasteiger partial charge in [0.1, 0.15) is 0 Å². The van der Waals surface area contributed by atoms with Gasteiger partial charge in [0, 0.05) is 32.6 Å². The molecule has 138 valence electrons. The third-order valence-corrected chi connectivity index (χ3v) is 5.14. The second-order valence-electron chi connectivity index (χ2n) is 5.00. The standard InChI is InChI=1S/C15H24N2O5S.ClH/c1-16-8-9-17(2)15(18)7-10-23(19,20)12-5-6-13(21-3)14(11-12)22-4;/h5-6,11,16H,7-10H2,1-4H3;1H. The summed E-state index contributed by atoms with van der Waals surface area (Å²) in [5.41, 5.74) is 0. The molecule has 0 aliphatic heterocycles. The van der Waals surface area contributed by atoms with E-state index in [2.05, 4.69) is 5.32 Å². The van der Waals surface area contributed by atoms with Crippen molar-refractivity contribution in [2.45, 2.75) is 11.3 Å². The number of methoxy groups -OCH3 is 2. The second kappa shape index (κ2) is 10.4. The Hall–Kier alpha value is -1.51. The zero-order valence-electron chi connectivity index (χ0n) is 14.4. The van der Waals surface area contributed by atoms with Crippen LogP contribution in [-0.2, 0) is 14.6 Å². The summed E-state index contributed by atoms with van der Waals surface area (Å²) < 4.78 is 34.9. The van der Waals surface area contributed by atoms with E-state index in [-0.39, 0.29) is 35.4 Å². The fraction of sp³-hybridized carbons (Fsp3) is 0.533. The molecule has 0 radical (unpaired) electrons. The average molecular weight is 381 g/mol. The van der Waals surface area contributed by atoms with E-state index in [9.17, 15) is 13.2 Å². The number of amides is 1. The van der Waals surface area contributed by atoms with Crippen LogP contribution in [0, 0.1) is 0 Å². The first-order valence-corrected chi connectivity index (χ1v) is 8.84. The summed E-state index contributed by atoms with van der Waals surface area (Å²) in [5, 5.41) is 2.94. The van der Waals surface area contributed by atoms with Crippen LogP contribution in [0.4, 0.5) is 0 Å². The summed E-state index contributed by atoms with van der Waals surface area (Å²) in [5.74, 6) is 0.343. The lowest BCUT2D eigenvalue weighted by molar-refractivity contribution is -0.129. The van der Waals surface area contributed by atoms with Gasteiger partial charge in [0.25, 0.3) is 0 Å². The van der Waals surface area contributed by atoms with Gasteiger partial charge in [-0.2, -0.15) is 0 Å². The molecule has 0 aliphatic rings. The molecule has 1 N–H and O–H groups in total. The van der Waals surface area contributed by atoms with E-state index >= 15 is 0 Å². The monoisotopic (exact) mass is 380 g/mol. The van der Waals surface area contributed by atoms with Crippen molar-refractivity contribution in [3.05, 3.63) is 18.2 Å². The molecule has 0 aliphatic carbocycles. The number of rotatable bonds is 9. The zero-order chi connectivity index (χ0) is 17.5. The first-order chi connectivity index (χ1) is 10.9. The SMILES string of the molecule is CNCCN(C)C(=O)CCS(=O)(=O)c1ccc(OC)c(OC)c1.Cl. The fourth-order valence-corrected chi connectivity index (χ4v) is 3.19. The Bertz CT molecular complexity index is 637. The van der Waals surface area contributed by atoms with Crippen molar-refractivity contribution in [1.29, 1.82) is 0 Å². The lowest BCUT2D eigenvalue weighted by atomic mass is 10.3. The van der Waals surface area contributed by atoms with Gasteiger partial charge in [-0.05, 0) is 19.2 Å². The van der Waals surface area contributed by atoms with E-state index in [1.54, 1.807) is 14.1 Å². The van der Waals surface area contributed by atoms with Crippen LogP contribution in [-0.4, -0.2) is 66.4 Å². The van der Waals surface area contributed by atoms with Gasteiger partial charge < -0.3 is 19.7 Å². The third-order valence-electron chi connectivity index (χ3n) is 3.42. The van der Waals surface area contributed by atoms with Gasteiger partial charge in [0.2, 0.25) is 5.91 Å². The van der Waals surface area contributed by atoms with Gasteiger partial charge in [-0.3, -0.25) is 4.79 Å². The summed E-state index contributed by atoms with van der Waals surface area (Å²) in [7, 11) is 2.80. The van der Waals surface area contributed by atoms with Gasteiger partial charge in [0.05, 0.1) is 24.9 Å². The highest BCUT2D eigenvalue weighted by atomic mass is 35.5. The highest BCUT2D eigenvalue weighted by molar-refractivity contribution is 7.91. The van der Waals surface area contributed by atoms with Crippen LogP contribution in [0.15, 0.2) is 23.1 Å². The fourth-order valence-electron chi connectivity index (χ4n) is 1.94. The lowest BCUT2D eigenvalue weighted by Crippen LogP contribution is -2.33. The molecule has 0 atom stereocenters. The molecule has 0 aromatic heterocycles. The summed E-state index contributed by atoms with van der Waals surface area (Å²) >= 11 is 0. The first-order valence-electron chi connectivity index (χ1n) is 7.19. The molecular formula is C15H25ClN2O5S. The van der Waals surface area contributed by atoms with Gasteiger partial charge in [-0.25, -0.2) is 8.42 Å². The number of nitrogens with zero attached hydrogens (tertiary/aromatic N) is 1. The van der Waals surface area contributed by atoms with Crippen molar-refractivity contribution < 1.29 is 22.7 Å². The highest BCUT2D eigenvalue weighted by Gasteiger charge is 2.20. The van der Waals surface area contributed by atoms with Crippen LogP contribution < -0.4 is 14.8 Å². The van der Waals surface area contributed by atoms with Gasteiger partial charge in [0.15, 0.2) is 21.3 Å². The van der Waals surface area contributed by atoms with E-state index < -0.39 is 9.84 Å². The first kappa shape index (κ1) is 22.5. The minimum atomic E-state index is -3.57. The van der Waals surface area contributed by atoms with Crippen molar-refractivity contribution in [2.75, 3.05) is 47.2 Å². The molecule has 0 bridgehead atoms. The lowest BCUT2D eigenvalue weighted by Gasteiger charge is -2.17. The number of halogens is 1. The number of carbonyl (C=O) groups excluding carboxylic acids is 1. The largest absolute Gasteiger partial charge is 0.493 e. The van der Waals surface area contributed by atoms with Crippen molar-refractivity contribution >= 4 is 28.2 Å². The zero-order valence-corrected chi connectivity index (χ0v) is 16.0. The summed E-state index contributed by atoms with van der Waals surface area (Å²) in [6, 6.07) is 4.39. The molecule has 0 unspecified atom stereocenters. The minimum absolute atomic E-state index is 0. The Morgan fingerprint density at radius 3 is 2.38 bits per heavy atom. The van der Waals surface area contributed by atoms with Crippen molar-refractivity contribution in [3.63, 3.8) is 0 Å². The molecule has 1 rings (SSSR count). The molecule has 7 nitrogen and oxygen atoms in total. The van der Waals surface area contributed by atoms with Crippen LogP contribution in [0.2, 0.25) is 0 Å². The van der Waals surface area contributed by atoms with Crippen LogP contribution in [0.1, 0.15) is 6.42 Å². The number of benzene rings is 1. The Labute approximate surface area is 149 Å². The van der Waals surface area contributed by atoms with Crippen LogP contribution in [0.25, 0.3) is 0 Å². The molecule has 9 heteroatoms. The quantitative estimate of drug-likeness (QED) is 0.687. The molecule has 24 heavy (non-hydrogen) atoms. The summed E-state index contributed by atoms with van der Waals surface area (Å²) in [6.07, 6.45) is -0.0586. The number of carbonyl (C=O) groups is 1. The molecule has 0 saturated heterocycles. The van der Waals surface area contributed by atoms with Gasteiger partial charge in [-0.1, -0.05) is 0 Å². The van der Waals surface area contributed by atoms with E-state index in [1.165, 1.54) is 37.3 Å². The van der Waals surface area contributed by atoms with Gasteiger partial charge in [-0.15, -0.1) is 12.4 Å². The Morgan fingerprint density at radius 2 is 1.83 bits per heavy atom. The predicted molar refractivity (Wildman–Crippen MR) is 95.0 cm³/mol. The molecule has 0 fully saturated rings. The van der Waals surface area contributed by atoms with Crippen LogP contribution in [0.3, 0.4) is 0 Å². The van der Waals surface area contributed by atoms with Crippen molar-refractivity contribution in [1.82, 2.24) is 10.2 Å². The number of nitrogens with one attached hydrogen (secondary N) is 1. The maximum absolute atomic E-state index is 12.4. The molecule has 0 saturated carbocycles. The highest BCUT2D eigenvalue weighted by Crippen LogP contribution is 2.29. The predicted octanol–water partition coefficient (Wildman–Crippen LogP) is 0.967. The number of hydrogen-bond donors (Lipinski definition) is 1. The molecule has 1 aromatic carbocycles. The van der Waals surface area contributed by atoms with Crippen LogP contribution in [0.5, 0.6) is 11.5 Å². The second-order valence-corrected chi connectivity index (χ2v) is 7.11.